The number of hydrogen-bond acceptors (Lipinski definition) is 6. The van der Waals surface area contributed by atoms with Gasteiger partial charge < -0.3 is 34.3 Å². The standard InChI is InChI=1S/C26H34N2O7/c1-7-15(2)23(25(29)30)27-26(31)28-11-10-16-12-21(34-5)22(35-6)14-18(16)24(28)17-8-9-19(32-3)20(13-17)33-4/h8-9,12-15,23-24H,7,10-11H2,1-6H3,(H,27,31)(H,29,30)/t15?,23-,24?/m0/s1. The van der Waals surface area contributed by atoms with Crippen LogP contribution in [0.25, 0.3) is 0 Å². The molecule has 2 aromatic rings. The molecule has 0 saturated carbocycles. The number of amides is 2. The highest BCUT2D eigenvalue weighted by Crippen LogP contribution is 2.42. The summed E-state index contributed by atoms with van der Waals surface area (Å²) in [6.45, 7) is 4.10. The van der Waals surface area contributed by atoms with Crippen LogP contribution in [-0.4, -0.2) is 63.0 Å². The number of rotatable bonds is 9. The van der Waals surface area contributed by atoms with Crippen molar-refractivity contribution in [2.75, 3.05) is 35.0 Å². The summed E-state index contributed by atoms with van der Waals surface area (Å²) in [5.74, 6) is 0.968. The Balaban J connectivity index is 2.12. The summed E-state index contributed by atoms with van der Waals surface area (Å²) in [5, 5.41) is 12.5. The fourth-order valence-corrected chi connectivity index (χ4v) is 4.45. The quantitative estimate of drug-likeness (QED) is 0.554. The third kappa shape index (κ3) is 5.23. The lowest BCUT2D eigenvalue weighted by Crippen LogP contribution is -2.53. The van der Waals surface area contributed by atoms with E-state index >= 15 is 0 Å². The molecule has 0 aromatic heterocycles. The predicted molar refractivity (Wildman–Crippen MR) is 131 cm³/mol. The second-order valence-corrected chi connectivity index (χ2v) is 8.52. The van der Waals surface area contributed by atoms with E-state index < -0.39 is 24.1 Å². The number of ether oxygens (including phenoxy) is 4. The molecule has 1 aliphatic rings. The van der Waals surface area contributed by atoms with Crippen molar-refractivity contribution in [3.63, 3.8) is 0 Å². The summed E-state index contributed by atoms with van der Waals surface area (Å²) < 4.78 is 21.9. The summed E-state index contributed by atoms with van der Waals surface area (Å²) in [4.78, 5) is 27.1. The number of carbonyl (C=O) groups is 2. The number of carboxylic acid groups (broad SMARTS) is 1. The first-order chi connectivity index (χ1) is 16.8. The van der Waals surface area contributed by atoms with E-state index in [-0.39, 0.29) is 5.92 Å². The molecule has 0 fully saturated rings. The smallest absolute Gasteiger partial charge is 0.326 e. The predicted octanol–water partition coefficient (Wildman–Crippen LogP) is 3.88. The minimum atomic E-state index is -1.06. The molecule has 1 aliphatic heterocycles. The van der Waals surface area contributed by atoms with Crippen molar-refractivity contribution in [2.45, 2.75) is 38.8 Å². The third-order valence-corrected chi connectivity index (χ3v) is 6.62. The summed E-state index contributed by atoms with van der Waals surface area (Å²) in [7, 11) is 6.26. The SMILES string of the molecule is CCC(C)[C@H](NC(=O)N1CCc2cc(OC)c(OC)cc2C1c1ccc(OC)c(OC)c1)C(=O)O. The van der Waals surface area contributed by atoms with Crippen molar-refractivity contribution >= 4 is 12.0 Å². The number of fused-ring (bicyclic) bond motifs is 1. The first-order valence-electron chi connectivity index (χ1n) is 11.6. The molecule has 0 bridgehead atoms. The minimum Gasteiger partial charge on any atom is -0.493 e. The highest BCUT2D eigenvalue weighted by Gasteiger charge is 2.36. The van der Waals surface area contributed by atoms with E-state index in [9.17, 15) is 14.7 Å². The van der Waals surface area contributed by atoms with E-state index in [0.29, 0.717) is 42.4 Å². The summed E-state index contributed by atoms with van der Waals surface area (Å²) in [5.41, 5.74) is 2.68. The lowest BCUT2D eigenvalue weighted by Gasteiger charge is -2.39. The van der Waals surface area contributed by atoms with Crippen molar-refractivity contribution in [3.05, 3.63) is 47.0 Å². The summed E-state index contributed by atoms with van der Waals surface area (Å²) >= 11 is 0. The molecule has 190 valence electrons. The van der Waals surface area contributed by atoms with Crippen molar-refractivity contribution < 1.29 is 33.6 Å². The van der Waals surface area contributed by atoms with E-state index in [1.54, 1.807) is 39.4 Å². The van der Waals surface area contributed by atoms with Crippen LogP contribution in [0.2, 0.25) is 0 Å². The van der Waals surface area contributed by atoms with Gasteiger partial charge in [-0.05, 0) is 53.3 Å². The van der Waals surface area contributed by atoms with Crippen molar-refractivity contribution in [2.24, 2.45) is 5.92 Å². The monoisotopic (exact) mass is 486 g/mol. The molecule has 2 amide bonds. The largest absolute Gasteiger partial charge is 0.493 e. The molecule has 0 spiro atoms. The molecule has 0 radical (unpaired) electrons. The molecule has 2 N–H and O–H groups in total. The maximum absolute atomic E-state index is 13.5. The minimum absolute atomic E-state index is 0.225. The van der Waals surface area contributed by atoms with Crippen LogP contribution in [0.4, 0.5) is 4.79 Å². The van der Waals surface area contributed by atoms with Crippen molar-refractivity contribution in [1.29, 1.82) is 0 Å². The van der Waals surface area contributed by atoms with Gasteiger partial charge >= 0.3 is 12.0 Å². The number of aliphatic carboxylic acids is 1. The van der Waals surface area contributed by atoms with Gasteiger partial charge in [0.25, 0.3) is 0 Å². The van der Waals surface area contributed by atoms with Gasteiger partial charge in [-0.3, -0.25) is 0 Å². The Bertz CT molecular complexity index is 1070. The highest BCUT2D eigenvalue weighted by molar-refractivity contribution is 5.83. The number of nitrogens with one attached hydrogen (secondary N) is 1. The van der Waals surface area contributed by atoms with Gasteiger partial charge in [0.1, 0.15) is 6.04 Å². The van der Waals surface area contributed by atoms with E-state index in [0.717, 1.165) is 16.7 Å². The molecule has 35 heavy (non-hydrogen) atoms. The van der Waals surface area contributed by atoms with Gasteiger partial charge in [-0.2, -0.15) is 0 Å². The Morgan fingerprint density at radius 1 is 1.00 bits per heavy atom. The molecule has 0 aliphatic carbocycles. The highest BCUT2D eigenvalue weighted by atomic mass is 16.5. The molecule has 3 atom stereocenters. The second kappa shape index (κ2) is 11.2. The average Bonchev–Trinajstić information content (AvgIpc) is 2.88. The number of methoxy groups -OCH3 is 4. The number of benzene rings is 2. The lowest BCUT2D eigenvalue weighted by molar-refractivity contribution is -0.140. The van der Waals surface area contributed by atoms with Crippen LogP contribution in [0, 0.1) is 5.92 Å². The van der Waals surface area contributed by atoms with Crippen LogP contribution in [0.1, 0.15) is 43.0 Å². The number of nitrogens with zero attached hydrogens (tertiary/aromatic N) is 1. The van der Waals surface area contributed by atoms with E-state index in [2.05, 4.69) is 5.32 Å². The van der Waals surface area contributed by atoms with Gasteiger partial charge in [0.05, 0.1) is 34.5 Å². The number of urea groups is 1. The molecular formula is C26H34N2O7. The summed E-state index contributed by atoms with van der Waals surface area (Å²) in [6, 6.07) is 7.35. The van der Waals surface area contributed by atoms with Crippen LogP contribution in [-0.2, 0) is 11.2 Å². The van der Waals surface area contributed by atoms with E-state index in [1.807, 2.05) is 38.1 Å². The number of hydrogen-bond donors (Lipinski definition) is 2. The van der Waals surface area contributed by atoms with Crippen molar-refractivity contribution in [1.82, 2.24) is 10.2 Å². The maximum atomic E-state index is 13.5. The number of carbonyl (C=O) groups excluding carboxylic acids is 1. The van der Waals surface area contributed by atoms with E-state index in [1.165, 1.54) is 0 Å². The molecule has 2 aromatic carbocycles. The van der Waals surface area contributed by atoms with Gasteiger partial charge in [0.2, 0.25) is 0 Å². The van der Waals surface area contributed by atoms with Crippen LogP contribution in [0.3, 0.4) is 0 Å². The molecule has 1 heterocycles. The van der Waals surface area contributed by atoms with Crippen LogP contribution < -0.4 is 24.3 Å². The first-order valence-corrected chi connectivity index (χ1v) is 11.6. The van der Waals surface area contributed by atoms with Gasteiger partial charge in [-0.1, -0.05) is 26.3 Å². The van der Waals surface area contributed by atoms with Gasteiger partial charge in [-0.25, -0.2) is 9.59 Å². The Hall–Kier alpha value is -3.62. The zero-order valence-electron chi connectivity index (χ0n) is 21.1. The van der Waals surface area contributed by atoms with Crippen LogP contribution in [0.5, 0.6) is 23.0 Å². The molecule has 2 unspecified atom stereocenters. The lowest BCUT2D eigenvalue weighted by atomic mass is 9.87. The van der Waals surface area contributed by atoms with Gasteiger partial charge in [0, 0.05) is 6.54 Å². The van der Waals surface area contributed by atoms with E-state index in [4.69, 9.17) is 18.9 Å². The first kappa shape index (κ1) is 26.0. The normalized spacial score (nSPS) is 16.5. The van der Waals surface area contributed by atoms with Crippen LogP contribution in [0.15, 0.2) is 30.3 Å². The van der Waals surface area contributed by atoms with Crippen molar-refractivity contribution in [3.8, 4) is 23.0 Å². The Kier molecular flexibility index (Phi) is 8.32. The maximum Gasteiger partial charge on any atom is 0.326 e. The topological polar surface area (TPSA) is 107 Å². The fraction of sp³-hybridized carbons (Fsp3) is 0.462. The molecule has 9 heteroatoms. The summed E-state index contributed by atoms with van der Waals surface area (Å²) in [6.07, 6.45) is 1.20. The third-order valence-electron chi connectivity index (χ3n) is 6.62. The molecule has 0 saturated heterocycles. The van der Waals surface area contributed by atoms with Gasteiger partial charge in [-0.15, -0.1) is 0 Å². The van der Waals surface area contributed by atoms with Crippen LogP contribution >= 0.6 is 0 Å². The van der Waals surface area contributed by atoms with Gasteiger partial charge in [0.15, 0.2) is 23.0 Å². The molecule has 9 nitrogen and oxygen atoms in total. The Morgan fingerprint density at radius 2 is 1.60 bits per heavy atom. The molecular weight excluding hydrogens is 452 g/mol. The Morgan fingerprint density at radius 3 is 2.17 bits per heavy atom. The second-order valence-electron chi connectivity index (χ2n) is 8.52. The Labute approximate surface area is 205 Å². The number of carboxylic acids is 1. The zero-order valence-corrected chi connectivity index (χ0v) is 21.1. The average molecular weight is 487 g/mol. The zero-order chi connectivity index (χ0) is 25.7. The fourth-order valence-electron chi connectivity index (χ4n) is 4.45. The molecule has 3 rings (SSSR count).